The smallest absolute Gasteiger partial charge is 0.145 e. The molecule has 150 heavy (non-hydrogen) atoms. The Labute approximate surface area is 875 Å². The zero-order chi connectivity index (χ0) is 100.0. The molecule has 0 bridgehead atoms. The lowest BCUT2D eigenvalue weighted by Crippen LogP contribution is -2.16. The molecule has 0 N–H and O–H groups in total. The Morgan fingerprint density at radius 3 is 0.993 bits per heavy atom. The molecule has 0 radical (unpaired) electrons. The molecular formula is C145H103N5. The van der Waals surface area contributed by atoms with Gasteiger partial charge in [0.25, 0.3) is 0 Å². The van der Waals surface area contributed by atoms with Crippen molar-refractivity contribution in [2.75, 3.05) is 9.80 Å². The highest BCUT2D eigenvalue weighted by atomic mass is 15.1. The number of hydrogen-bond acceptors (Lipinski definition) is 3. The topological polar surface area (TPSA) is 29.2 Å². The third kappa shape index (κ3) is 17.0. The molecule has 24 aromatic carbocycles. The summed E-state index contributed by atoms with van der Waals surface area (Å²) in [5.74, 6) is 1.20. The summed E-state index contributed by atoms with van der Waals surface area (Å²) in [7, 11) is 0. The number of imidazole rings is 1. The highest BCUT2D eigenvalue weighted by Crippen LogP contribution is 2.54. The predicted molar refractivity (Wildman–Crippen MR) is 632 cm³/mol. The van der Waals surface area contributed by atoms with E-state index in [1.54, 1.807) is 0 Å². The average molecular weight is 1920 g/mol. The van der Waals surface area contributed by atoms with Gasteiger partial charge in [-0.2, -0.15) is 0 Å². The number of fused-ring (bicyclic) bond motifs is 12. The summed E-state index contributed by atoms with van der Waals surface area (Å²) >= 11 is 0. The largest absolute Gasteiger partial charge is 0.311 e. The molecule has 2 aliphatic carbocycles. The number of anilines is 6. The molecule has 0 fully saturated rings. The van der Waals surface area contributed by atoms with E-state index in [4.69, 9.17) is 4.98 Å². The summed E-state index contributed by atoms with van der Waals surface area (Å²) in [5, 5.41) is 7.56. The van der Waals surface area contributed by atoms with Crippen LogP contribution in [0.3, 0.4) is 0 Å². The van der Waals surface area contributed by atoms with Crippen LogP contribution in [0.2, 0.25) is 0 Å². The quantitative estimate of drug-likeness (QED) is 0.0802. The normalized spacial score (nSPS) is 12.1. The van der Waals surface area contributed by atoms with Gasteiger partial charge in [-0.25, -0.2) is 4.98 Å². The first-order valence-corrected chi connectivity index (χ1v) is 51.8. The minimum Gasteiger partial charge on any atom is -0.311 e. The van der Waals surface area contributed by atoms with Crippen molar-refractivity contribution in [3.63, 3.8) is 0 Å². The number of benzene rings is 24. The molecule has 0 spiro atoms. The van der Waals surface area contributed by atoms with Gasteiger partial charge >= 0.3 is 0 Å². The van der Waals surface area contributed by atoms with Gasteiger partial charge in [-0.15, -0.1) is 0 Å². The zero-order valence-corrected chi connectivity index (χ0v) is 83.2. The van der Waals surface area contributed by atoms with Crippen LogP contribution in [0, 0.1) is 0 Å². The van der Waals surface area contributed by atoms with Gasteiger partial charge in [0.15, 0.2) is 0 Å². The average Bonchev–Trinajstić information content (AvgIpc) is 0.853. The summed E-state index contributed by atoms with van der Waals surface area (Å²) in [4.78, 5) is 9.77. The van der Waals surface area contributed by atoms with Crippen molar-refractivity contribution in [1.29, 1.82) is 0 Å². The van der Waals surface area contributed by atoms with Crippen LogP contribution in [-0.4, -0.2) is 14.1 Å². The first-order valence-electron chi connectivity index (χ1n) is 51.8. The van der Waals surface area contributed by atoms with Gasteiger partial charge in [0.1, 0.15) is 5.82 Å². The molecule has 28 rings (SSSR count). The Hall–Kier alpha value is -19.3. The zero-order valence-electron chi connectivity index (χ0n) is 83.2. The van der Waals surface area contributed by atoms with Crippen LogP contribution in [0.4, 0.5) is 34.1 Å². The second-order valence-corrected chi connectivity index (χ2v) is 39.5. The Bertz CT molecular complexity index is 9290. The van der Waals surface area contributed by atoms with E-state index >= 15 is 0 Å². The second kappa shape index (κ2) is 39.3. The molecule has 5 nitrogen and oxygen atoms in total. The molecular weight excluding hydrogens is 1810 g/mol. The molecule has 0 atom stereocenters. The molecule has 0 unspecified atom stereocenters. The molecule has 2 heterocycles. The van der Waals surface area contributed by atoms with E-state index in [0.717, 1.165) is 62.2 Å². The van der Waals surface area contributed by atoms with Crippen LogP contribution >= 0.6 is 0 Å². The summed E-state index contributed by atoms with van der Waals surface area (Å²) < 4.78 is 4.63. The van der Waals surface area contributed by atoms with E-state index in [1.807, 2.05) is 12.1 Å². The van der Waals surface area contributed by atoms with Crippen molar-refractivity contribution in [3.8, 4) is 134 Å². The van der Waals surface area contributed by atoms with E-state index in [-0.39, 0.29) is 11.3 Å². The predicted octanol–water partition coefficient (Wildman–Crippen LogP) is 39.2. The van der Waals surface area contributed by atoms with Crippen LogP contribution in [0.15, 0.2) is 582 Å². The van der Waals surface area contributed by atoms with E-state index in [1.165, 1.54) is 188 Å². The van der Waals surface area contributed by atoms with Gasteiger partial charge in [0, 0.05) is 73.2 Å². The summed E-state index contributed by atoms with van der Waals surface area (Å²) in [5.41, 5.74) is 46.2. The number of aromatic nitrogens is 3. The van der Waals surface area contributed by atoms with Crippen molar-refractivity contribution < 1.29 is 0 Å². The maximum Gasteiger partial charge on any atom is 0.145 e. The van der Waals surface area contributed by atoms with E-state index in [2.05, 4.69) is 603 Å². The van der Waals surface area contributed by atoms with Gasteiger partial charge in [-0.3, -0.25) is 4.57 Å². The van der Waals surface area contributed by atoms with Gasteiger partial charge in [-0.05, 0) is 294 Å². The van der Waals surface area contributed by atoms with Gasteiger partial charge in [0.05, 0.1) is 22.1 Å². The van der Waals surface area contributed by atoms with Crippen molar-refractivity contribution in [1.82, 2.24) is 14.1 Å². The molecule has 0 aliphatic heterocycles. The molecule has 708 valence electrons. The fourth-order valence-electron chi connectivity index (χ4n) is 23.1. The van der Waals surface area contributed by atoms with Gasteiger partial charge in [0.2, 0.25) is 0 Å². The van der Waals surface area contributed by atoms with Crippen LogP contribution in [0.25, 0.3) is 188 Å². The van der Waals surface area contributed by atoms with E-state index in [0.29, 0.717) is 0 Å². The van der Waals surface area contributed by atoms with Crippen molar-refractivity contribution in [2.24, 2.45) is 0 Å². The standard InChI is InChI=1S/C51H38N2.C49H35N.C45H30N2/c1-51(2)47-19-11-9-17-43(47)44-31-30-42(34-48(44)51)52(40-26-21-36(22-27-40)35-13-5-3-6-14-35)41-28-23-37(24-29-41)38-25-32-50-46(33-38)45-18-10-12-20-49(45)53(50)39-15-7-4-8-16-39;1-3-11-35(12-4-1)38-23-29-42(30-24-38)50(43-31-25-39(26-32-43)36-13-5-2-6-14-36)44-33-27-40(28-34-44)37-19-21-41(22-20-37)49-47-17-9-7-15-45(47)46-16-8-10-18-48(46)49;1-4-14-32(15-5-1)43-37-20-10-11-21-38(37)44(33-16-6-2-7-17-33)40-30-35(26-29-39(40)43)31-24-27-36(28-25-31)47-42-23-13-12-22-41(42)46-45(47)34-18-8-3-9-19-34/h3-34H,1-2H3;1-34,49H;1-30H. The highest BCUT2D eigenvalue weighted by Gasteiger charge is 2.37. The maximum atomic E-state index is 5.03. The van der Waals surface area contributed by atoms with E-state index < -0.39 is 0 Å². The Kier molecular flexibility index (Phi) is 23.8. The number of nitrogens with zero attached hydrogens (tertiary/aromatic N) is 5. The van der Waals surface area contributed by atoms with Crippen molar-refractivity contribution in [2.45, 2.75) is 25.2 Å². The van der Waals surface area contributed by atoms with Gasteiger partial charge in [-0.1, -0.05) is 463 Å². The third-order valence-corrected chi connectivity index (χ3v) is 30.4. The SMILES string of the molecule is CC1(C)c2ccccc2-c2ccc(N(c3ccc(-c4ccccc4)cc3)c3ccc(-c4ccc5c(c4)c4ccccc4n5-c4ccccc4)cc3)cc21.c1ccc(-c2c3ccccc3c(-c3ccccc3)c3cc(-c4ccc(-n5c(-c6ccccc6)nc6ccccc65)cc4)ccc23)cc1.c1ccc(-c2ccc(N(c3ccc(-c4ccccc4)cc3)c3ccc(-c4ccc(C5c6ccccc6-c6ccccc65)cc4)cc3)cc2)cc1. The lowest BCUT2D eigenvalue weighted by atomic mass is 9.82. The fourth-order valence-corrected chi connectivity index (χ4v) is 23.1. The van der Waals surface area contributed by atoms with Crippen molar-refractivity contribution >= 4 is 88.5 Å². The summed E-state index contributed by atoms with van der Waals surface area (Å²) in [6.07, 6.45) is 0. The van der Waals surface area contributed by atoms with Crippen LogP contribution in [0.5, 0.6) is 0 Å². The molecule has 0 amide bonds. The lowest BCUT2D eigenvalue weighted by Gasteiger charge is -2.28. The lowest BCUT2D eigenvalue weighted by molar-refractivity contribution is 0.660. The fraction of sp³-hybridized carbons (Fsp3) is 0.0276. The summed E-state index contributed by atoms with van der Waals surface area (Å²) in [6, 6.07) is 211. The van der Waals surface area contributed by atoms with E-state index in [9.17, 15) is 0 Å². The molecule has 26 aromatic rings. The van der Waals surface area contributed by atoms with Crippen LogP contribution in [0.1, 0.15) is 47.6 Å². The minimum atomic E-state index is -0.0864. The third-order valence-electron chi connectivity index (χ3n) is 30.4. The molecule has 0 saturated carbocycles. The number of hydrogen-bond donors (Lipinski definition) is 0. The molecule has 2 aliphatic rings. The molecule has 5 heteroatoms. The van der Waals surface area contributed by atoms with Crippen LogP contribution < -0.4 is 9.80 Å². The maximum absolute atomic E-state index is 5.03. The monoisotopic (exact) mass is 1910 g/mol. The number of para-hydroxylation sites is 4. The van der Waals surface area contributed by atoms with Crippen molar-refractivity contribution in [3.05, 3.63) is 610 Å². The molecule has 2 aromatic heterocycles. The number of rotatable bonds is 18. The van der Waals surface area contributed by atoms with Crippen LogP contribution in [-0.2, 0) is 5.41 Å². The first kappa shape index (κ1) is 90.7. The summed E-state index contributed by atoms with van der Waals surface area (Å²) in [6.45, 7) is 4.70. The Morgan fingerprint density at radius 2 is 0.507 bits per heavy atom. The Morgan fingerprint density at radius 1 is 0.193 bits per heavy atom. The second-order valence-electron chi connectivity index (χ2n) is 39.5. The Balaban J connectivity index is 0.000000114. The van der Waals surface area contributed by atoms with Gasteiger partial charge < -0.3 is 14.4 Å². The first-order chi connectivity index (χ1) is 74.2. The highest BCUT2D eigenvalue weighted by molar-refractivity contribution is 6.22. The minimum absolute atomic E-state index is 0.0864. The molecule has 0 saturated heterocycles.